The zero-order valence-corrected chi connectivity index (χ0v) is 17.3. The molecule has 0 aliphatic carbocycles. The highest BCUT2D eigenvalue weighted by molar-refractivity contribution is 7.99. The predicted octanol–water partition coefficient (Wildman–Crippen LogP) is 4.32. The lowest BCUT2D eigenvalue weighted by Crippen LogP contribution is -2.15. The van der Waals surface area contributed by atoms with Gasteiger partial charge in [-0.25, -0.2) is 0 Å². The number of thioether (sulfide) groups is 1. The van der Waals surface area contributed by atoms with Gasteiger partial charge in [0.05, 0.1) is 12.9 Å². The number of anilines is 1. The maximum Gasteiger partial charge on any atom is 0.234 e. The van der Waals surface area contributed by atoms with Crippen LogP contribution >= 0.6 is 11.8 Å². The van der Waals surface area contributed by atoms with E-state index in [-0.39, 0.29) is 11.7 Å². The molecular weight excluding hydrogens is 372 g/mol. The van der Waals surface area contributed by atoms with Crippen LogP contribution in [0.1, 0.15) is 18.1 Å². The standard InChI is InChI=1S/C21H24N4O2S/c1-5-25-20(16-7-9-17(27-4)10-8-16)23-24-21(25)28-13-19(26)22-18-11-6-14(2)12-15(18)3/h6-12H,5,13H2,1-4H3,(H,22,26). The van der Waals surface area contributed by atoms with Gasteiger partial charge in [-0.05, 0) is 56.7 Å². The fourth-order valence-corrected chi connectivity index (χ4v) is 3.71. The number of hydrogen-bond acceptors (Lipinski definition) is 5. The summed E-state index contributed by atoms with van der Waals surface area (Å²) < 4.78 is 7.21. The molecule has 1 amide bonds. The minimum atomic E-state index is -0.0615. The Morgan fingerprint density at radius 1 is 1.14 bits per heavy atom. The maximum atomic E-state index is 12.4. The molecule has 0 saturated heterocycles. The van der Waals surface area contributed by atoms with Crippen molar-refractivity contribution in [1.82, 2.24) is 14.8 Å². The zero-order chi connectivity index (χ0) is 20.1. The monoisotopic (exact) mass is 396 g/mol. The van der Waals surface area contributed by atoms with Gasteiger partial charge in [0, 0.05) is 17.8 Å². The first kappa shape index (κ1) is 19.9. The SMILES string of the molecule is CCn1c(SCC(=O)Nc2ccc(C)cc2C)nnc1-c1ccc(OC)cc1. The zero-order valence-electron chi connectivity index (χ0n) is 16.5. The number of carbonyl (C=O) groups is 1. The Hall–Kier alpha value is -2.80. The first-order chi connectivity index (χ1) is 13.5. The maximum absolute atomic E-state index is 12.4. The van der Waals surface area contributed by atoms with Gasteiger partial charge < -0.3 is 14.6 Å². The van der Waals surface area contributed by atoms with Gasteiger partial charge in [0.25, 0.3) is 0 Å². The number of benzene rings is 2. The molecule has 1 N–H and O–H groups in total. The summed E-state index contributed by atoms with van der Waals surface area (Å²) >= 11 is 1.38. The van der Waals surface area contributed by atoms with Crippen molar-refractivity contribution in [1.29, 1.82) is 0 Å². The first-order valence-electron chi connectivity index (χ1n) is 9.09. The molecule has 2 aromatic carbocycles. The third-order valence-corrected chi connectivity index (χ3v) is 5.34. The molecule has 0 radical (unpaired) electrons. The highest BCUT2D eigenvalue weighted by Crippen LogP contribution is 2.26. The second-order valence-electron chi connectivity index (χ2n) is 6.43. The third-order valence-electron chi connectivity index (χ3n) is 4.37. The predicted molar refractivity (Wildman–Crippen MR) is 113 cm³/mol. The van der Waals surface area contributed by atoms with Crippen LogP contribution in [-0.2, 0) is 11.3 Å². The lowest BCUT2D eigenvalue weighted by molar-refractivity contribution is -0.113. The van der Waals surface area contributed by atoms with Crippen LogP contribution in [0, 0.1) is 13.8 Å². The van der Waals surface area contributed by atoms with Crippen LogP contribution in [0.5, 0.6) is 5.75 Å². The van der Waals surface area contributed by atoms with E-state index in [9.17, 15) is 4.79 Å². The number of aromatic nitrogens is 3. The molecule has 3 rings (SSSR count). The summed E-state index contributed by atoms with van der Waals surface area (Å²) in [5.74, 6) is 1.79. The van der Waals surface area contributed by atoms with Gasteiger partial charge in [0.1, 0.15) is 5.75 Å². The van der Waals surface area contributed by atoms with E-state index in [4.69, 9.17) is 4.74 Å². The Morgan fingerprint density at radius 2 is 1.89 bits per heavy atom. The molecule has 146 valence electrons. The Labute approximate surface area is 169 Å². The van der Waals surface area contributed by atoms with E-state index in [2.05, 4.69) is 21.6 Å². The van der Waals surface area contributed by atoms with Crippen molar-refractivity contribution < 1.29 is 9.53 Å². The fourth-order valence-electron chi connectivity index (χ4n) is 2.90. The van der Waals surface area contributed by atoms with Crippen molar-refractivity contribution in [2.24, 2.45) is 0 Å². The average Bonchev–Trinajstić information content (AvgIpc) is 3.11. The minimum absolute atomic E-state index is 0.0615. The summed E-state index contributed by atoms with van der Waals surface area (Å²) in [5, 5.41) is 12.3. The lowest BCUT2D eigenvalue weighted by Gasteiger charge is -2.10. The Balaban J connectivity index is 1.68. The Kier molecular flexibility index (Phi) is 6.36. The van der Waals surface area contributed by atoms with Crippen LogP contribution in [-0.4, -0.2) is 33.5 Å². The molecule has 0 unspecified atom stereocenters. The molecule has 0 fully saturated rings. The molecule has 7 heteroatoms. The van der Waals surface area contributed by atoms with Crippen LogP contribution in [0.25, 0.3) is 11.4 Å². The van der Waals surface area contributed by atoms with Crippen molar-refractivity contribution >= 4 is 23.4 Å². The van der Waals surface area contributed by atoms with Crippen LogP contribution in [0.2, 0.25) is 0 Å². The van der Waals surface area contributed by atoms with E-state index in [1.165, 1.54) is 17.3 Å². The van der Waals surface area contributed by atoms with Crippen molar-refractivity contribution in [3.8, 4) is 17.1 Å². The van der Waals surface area contributed by atoms with Crippen molar-refractivity contribution in [2.75, 3.05) is 18.2 Å². The molecule has 0 saturated carbocycles. The van der Waals surface area contributed by atoms with Gasteiger partial charge in [0.2, 0.25) is 5.91 Å². The Morgan fingerprint density at radius 3 is 2.54 bits per heavy atom. The molecule has 1 heterocycles. The number of rotatable bonds is 7. The molecular formula is C21H24N4O2S. The molecule has 28 heavy (non-hydrogen) atoms. The molecule has 1 aromatic heterocycles. The topological polar surface area (TPSA) is 69.0 Å². The van der Waals surface area contributed by atoms with Crippen LogP contribution in [0.4, 0.5) is 5.69 Å². The number of hydrogen-bond donors (Lipinski definition) is 1. The number of nitrogens with zero attached hydrogens (tertiary/aromatic N) is 3. The molecule has 0 aliphatic rings. The van der Waals surface area contributed by atoms with Gasteiger partial charge in [-0.15, -0.1) is 10.2 Å². The highest BCUT2D eigenvalue weighted by atomic mass is 32.2. The summed E-state index contributed by atoms with van der Waals surface area (Å²) in [7, 11) is 1.64. The molecule has 0 atom stereocenters. The lowest BCUT2D eigenvalue weighted by atomic mass is 10.1. The van der Waals surface area contributed by atoms with Gasteiger partial charge in [-0.1, -0.05) is 29.5 Å². The number of carbonyl (C=O) groups excluding carboxylic acids is 1. The van der Waals surface area contributed by atoms with Gasteiger partial charge in [-0.3, -0.25) is 4.79 Å². The summed E-state index contributed by atoms with van der Waals surface area (Å²) in [6.45, 7) is 6.78. The number of methoxy groups -OCH3 is 1. The second kappa shape index (κ2) is 8.93. The largest absolute Gasteiger partial charge is 0.497 e. The van der Waals surface area contributed by atoms with Crippen molar-refractivity contribution in [3.05, 3.63) is 53.6 Å². The molecule has 6 nitrogen and oxygen atoms in total. The number of nitrogens with one attached hydrogen (secondary N) is 1. The average molecular weight is 397 g/mol. The number of ether oxygens (including phenoxy) is 1. The molecule has 0 spiro atoms. The highest BCUT2D eigenvalue weighted by Gasteiger charge is 2.15. The van der Waals surface area contributed by atoms with Gasteiger partial charge >= 0.3 is 0 Å². The second-order valence-corrected chi connectivity index (χ2v) is 7.38. The van der Waals surface area contributed by atoms with E-state index in [1.54, 1.807) is 7.11 Å². The molecule has 0 bridgehead atoms. The third kappa shape index (κ3) is 4.54. The summed E-state index contributed by atoms with van der Waals surface area (Å²) in [4.78, 5) is 12.4. The molecule has 3 aromatic rings. The van der Waals surface area contributed by atoms with E-state index >= 15 is 0 Å². The summed E-state index contributed by atoms with van der Waals surface area (Å²) in [5.41, 5.74) is 4.03. The number of amides is 1. The van der Waals surface area contributed by atoms with Crippen LogP contribution < -0.4 is 10.1 Å². The smallest absolute Gasteiger partial charge is 0.234 e. The van der Waals surface area contributed by atoms with E-state index in [0.717, 1.165) is 40.1 Å². The minimum Gasteiger partial charge on any atom is -0.497 e. The molecule has 0 aliphatic heterocycles. The number of aryl methyl sites for hydroxylation is 2. The van der Waals surface area contributed by atoms with Crippen LogP contribution in [0.15, 0.2) is 47.6 Å². The Bertz CT molecular complexity index is 967. The van der Waals surface area contributed by atoms with Crippen molar-refractivity contribution in [3.63, 3.8) is 0 Å². The normalized spacial score (nSPS) is 10.7. The van der Waals surface area contributed by atoms with E-state index in [0.29, 0.717) is 0 Å². The van der Waals surface area contributed by atoms with Crippen LogP contribution in [0.3, 0.4) is 0 Å². The van der Waals surface area contributed by atoms with E-state index in [1.807, 2.05) is 61.7 Å². The summed E-state index contributed by atoms with van der Waals surface area (Å²) in [6, 6.07) is 13.7. The fraction of sp³-hybridized carbons (Fsp3) is 0.286. The van der Waals surface area contributed by atoms with E-state index < -0.39 is 0 Å². The van der Waals surface area contributed by atoms with Gasteiger partial charge in [-0.2, -0.15) is 0 Å². The first-order valence-corrected chi connectivity index (χ1v) is 10.1. The summed E-state index contributed by atoms with van der Waals surface area (Å²) in [6.07, 6.45) is 0. The van der Waals surface area contributed by atoms with Crippen molar-refractivity contribution in [2.45, 2.75) is 32.5 Å². The van der Waals surface area contributed by atoms with Gasteiger partial charge in [0.15, 0.2) is 11.0 Å². The quantitative estimate of drug-likeness (QED) is 0.602.